The zero-order valence-electron chi connectivity index (χ0n) is 9.25. The molecule has 2 aromatic rings. The smallest absolute Gasteiger partial charge is 0.208 e. The number of rotatable bonds is 3. The van der Waals surface area contributed by atoms with Gasteiger partial charge >= 0.3 is 0 Å². The highest BCUT2D eigenvalue weighted by Gasteiger charge is 2.07. The van der Waals surface area contributed by atoms with Crippen molar-refractivity contribution in [3.05, 3.63) is 41.7 Å². The lowest BCUT2D eigenvalue weighted by molar-refractivity contribution is 0.491. The summed E-state index contributed by atoms with van der Waals surface area (Å²) in [4.78, 5) is 4.11. The largest absolute Gasteiger partial charge is 0.439 e. The molecule has 2 rings (SSSR count). The Morgan fingerprint density at radius 2 is 2.25 bits per heavy atom. The third kappa shape index (κ3) is 2.12. The van der Waals surface area contributed by atoms with Crippen LogP contribution in [0.15, 0.2) is 28.8 Å². The second-order valence-electron chi connectivity index (χ2n) is 3.61. The Morgan fingerprint density at radius 1 is 1.44 bits per heavy atom. The minimum absolute atomic E-state index is 0.210. The van der Waals surface area contributed by atoms with Crippen molar-refractivity contribution in [1.29, 1.82) is 0 Å². The van der Waals surface area contributed by atoms with Gasteiger partial charge in [0.25, 0.3) is 0 Å². The van der Waals surface area contributed by atoms with Gasteiger partial charge < -0.3 is 9.73 Å². The van der Waals surface area contributed by atoms with E-state index in [0.29, 0.717) is 23.8 Å². The number of aromatic nitrogens is 1. The van der Waals surface area contributed by atoms with E-state index in [1.165, 1.54) is 6.07 Å². The zero-order valence-corrected chi connectivity index (χ0v) is 9.25. The van der Waals surface area contributed by atoms with Gasteiger partial charge in [-0.25, -0.2) is 9.37 Å². The molecule has 1 heterocycles. The normalized spacial score (nSPS) is 10.7. The molecule has 3 nitrogen and oxygen atoms in total. The molecule has 0 fully saturated rings. The van der Waals surface area contributed by atoms with Crippen molar-refractivity contribution >= 4 is 0 Å². The molecule has 84 valence electrons. The van der Waals surface area contributed by atoms with Crippen LogP contribution in [0.25, 0.3) is 11.3 Å². The van der Waals surface area contributed by atoms with Crippen LogP contribution in [0.3, 0.4) is 0 Å². The first kappa shape index (κ1) is 10.8. The maximum Gasteiger partial charge on any atom is 0.208 e. The number of aryl methyl sites for hydroxylation is 1. The lowest BCUT2D eigenvalue weighted by Gasteiger charge is -1.99. The van der Waals surface area contributed by atoms with Crippen LogP contribution >= 0.6 is 0 Å². The van der Waals surface area contributed by atoms with Crippen LogP contribution in [-0.2, 0) is 6.54 Å². The maximum absolute atomic E-state index is 13.1. The summed E-state index contributed by atoms with van der Waals surface area (Å²) < 4.78 is 18.6. The molecule has 0 saturated heterocycles. The van der Waals surface area contributed by atoms with Crippen LogP contribution < -0.4 is 5.32 Å². The van der Waals surface area contributed by atoms with Crippen LogP contribution in [0.1, 0.15) is 11.5 Å². The van der Waals surface area contributed by atoms with E-state index >= 15 is 0 Å². The van der Waals surface area contributed by atoms with Crippen molar-refractivity contribution in [2.75, 3.05) is 7.05 Å². The molecular weight excluding hydrogens is 207 g/mol. The molecule has 0 aliphatic rings. The van der Waals surface area contributed by atoms with E-state index in [0.717, 1.165) is 5.56 Å². The first-order valence-corrected chi connectivity index (χ1v) is 5.06. The van der Waals surface area contributed by atoms with E-state index in [-0.39, 0.29) is 5.82 Å². The molecule has 0 unspecified atom stereocenters. The van der Waals surface area contributed by atoms with E-state index in [2.05, 4.69) is 10.3 Å². The molecule has 4 heteroatoms. The van der Waals surface area contributed by atoms with E-state index in [9.17, 15) is 4.39 Å². The molecule has 0 aliphatic heterocycles. The highest BCUT2D eigenvalue weighted by molar-refractivity contribution is 5.57. The Hall–Kier alpha value is -1.68. The summed E-state index contributed by atoms with van der Waals surface area (Å²) in [6.45, 7) is 2.31. The summed E-state index contributed by atoms with van der Waals surface area (Å²) in [6, 6.07) is 4.87. The van der Waals surface area contributed by atoms with Crippen molar-refractivity contribution in [1.82, 2.24) is 10.3 Å². The molecule has 1 aromatic carbocycles. The van der Waals surface area contributed by atoms with Gasteiger partial charge in [-0.05, 0) is 37.7 Å². The standard InChI is InChI=1S/C12H13FN2O/c1-8-5-9(3-4-10(8)13)11-6-15-12(16-11)7-14-2/h3-6,14H,7H2,1-2H3. The van der Waals surface area contributed by atoms with Gasteiger partial charge in [0.2, 0.25) is 5.89 Å². The number of hydrogen-bond donors (Lipinski definition) is 1. The number of halogens is 1. The summed E-state index contributed by atoms with van der Waals surface area (Å²) in [5.41, 5.74) is 1.44. The number of hydrogen-bond acceptors (Lipinski definition) is 3. The van der Waals surface area contributed by atoms with Crippen molar-refractivity contribution in [2.45, 2.75) is 13.5 Å². The van der Waals surface area contributed by atoms with Crippen molar-refractivity contribution < 1.29 is 8.81 Å². The van der Waals surface area contributed by atoms with Crippen LogP contribution in [0.2, 0.25) is 0 Å². The van der Waals surface area contributed by atoms with Gasteiger partial charge in [-0.2, -0.15) is 0 Å². The third-order valence-electron chi connectivity index (χ3n) is 2.32. The second-order valence-corrected chi connectivity index (χ2v) is 3.61. The van der Waals surface area contributed by atoms with Gasteiger partial charge in [-0.1, -0.05) is 0 Å². The number of oxazole rings is 1. The molecule has 0 atom stereocenters. The Kier molecular flexibility index (Phi) is 3.01. The first-order chi connectivity index (χ1) is 7.70. The SMILES string of the molecule is CNCc1ncc(-c2ccc(F)c(C)c2)o1. The van der Waals surface area contributed by atoms with E-state index in [1.54, 1.807) is 25.3 Å². The summed E-state index contributed by atoms with van der Waals surface area (Å²) in [7, 11) is 1.83. The second kappa shape index (κ2) is 4.45. The van der Waals surface area contributed by atoms with Crippen LogP contribution in [0.4, 0.5) is 4.39 Å². The molecule has 0 saturated carbocycles. The monoisotopic (exact) mass is 220 g/mol. The summed E-state index contributed by atoms with van der Waals surface area (Å²) >= 11 is 0. The predicted molar refractivity (Wildman–Crippen MR) is 59.4 cm³/mol. The van der Waals surface area contributed by atoms with Gasteiger partial charge in [0.1, 0.15) is 5.82 Å². The quantitative estimate of drug-likeness (QED) is 0.863. The van der Waals surface area contributed by atoms with Crippen LogP contribution in [0.5, 0.6) is 0 Å². The highest BCUT2D eigenvalue weighted by atomic mass is 19.1. The minimum Gasteiger partial charge on any atom is -0.439 e. The van der Waals surface area contributed by atoms with E-state index < -0.39 is 0 Å². The third-order valence-corrected chi connectivity index (χ3v) is 2.32. The topological polar surface area (TPSA) is 38.1 Å². The van der Waals surface area contributed by atoms with Crippen molar-refractivity contribution in [3.63, 3.8) is 0 Å². The molecule has 0 spiro atoms. The average Bonchev–Trinajstić information content (AvgIpc) is 2.71. The molecule has 16 heavy (non-hydrogen) atoms. The van der Waals surface area contributed by atoms with Crippen molar-refractivity contribution in [2.24, 2.45) is 0 Å². The molecular formula is C12H13FN2O. The Bertz CT molecular complexity index is 494. The number of nitrogens with zero attached hydrogens (tertiary/aromatic N) is 1. The first-order valence-electron chi connectivity index (χ1n) is 5.06. The molecule has 1 aromatic heterocycles. The molecule has 0 bridgehead atoms. The maximum atomic E-state index is 13.1. The Morgan fingerprint density at radius 3 is 2.94 bits per heavy atom. The minimum atomic E-state index is -0.210. The molecule has 0 amide bonds. The molecule has 0 radical (unpaired) electrons. The lowest BCUT2D eigenvalue weighted by atomic mass is 10.1. The number of nitrogens with one attached hydrogen (secondary N) is 1. The van der Waals surface area contributed by atoms with Gasteiger partial charge in [0.05, 0.1) is 12.7 Å². The average molecular weight is 220 g/mol. The fourth-order valence-electron chi connectivity index (χ4n) is 1.47. The lowest BCUT2D eigenvalue weighted by Crippen LogP contribution is -2.04. The highest BCUT2D eigenvalue weighted by Crippen LogP contribution is 2.22. The van der Waals surface area contributed by atoms with Crippen LogP contribution in [0, 0.1) is 12.7 Å². The molecule has 0 aliphatic carbocycles. The summed E-state index contributed by atoms with van der Waals surface area (Å²) in [5, 5.41) is 2.95. The van der Waals surface area contributed by atoms with E-state index in [1.807, 2.05) is 7.05 Å². The van der Waals surface area contributed by atoms with Gasteiger partial charge in [-0.3, -0.25) is 0 Å². The predicted octanol–water partition coefficient (Wildman–Crippen LogP) is 2.51. The van der Waals surface area contributed by atoms with Crippen LogP contribution in [-0.4, -0.2) is 12.0 Å². The van der Waals surface area contributed by atoms with E-state index in [4.69, 9.17) is 4.42 Å². The zero-order chi connectivity index (χ0) is 11.5. The number of benzene rings is 1. The Labute approximate surface area is 93.3 Å². The van der Waals surface area contributed by atoms with Gasteiger partial charge in [-0.15, -0.1) is 0 Å². The fourth-order valence-corrected chi connectivity index (χ4v) is 1.47. The molecule has 1 N–H and O–H groups in total. The van der Waals surface area contributed by atoms with Gasteiger partial charge in [0, 0.05) is 5.56 Å². The summed E-state index contributed by atoms with van der Waals surface area (Å²) in [6.07, 6.45) is 1.65. The summed E-state index contributed by atoms with van der Waals surface area (Å²) in [5.74, 6) is 1.08. The van der Waals surface area contributed by atoms with Gasteiger partial charge in [0.15, 0.2) is 5.76 Å². The Balaban J connectivity index is 2.31. The fraction of sp³-hybridized carbons (Fsp3) is 0.250. The van der Waals surface area contributed by atoms with Crippen molar-refractivity contribution in [3.8, 4) is 11.3 Å².